The van der Waals surface area contributed by atoms with E-state index >= 15 is 0 Å². The summed E-state index contributed by atoms with van der Waals surface area (Å²) in [5.41, 5.74) is -0.652. The average molecular weight is 297 g/mol. The van der Waals surface area contributed by atoms with Crippen molar-refractivity contribution in [1.29, 1.82) is 0 Å². The zero-order valence-corrected chi connectivity index (χ0v) is 10.1. The van der Waals surface area contributed by atoms with Crippen LogP contribution >= 0.6 is 15.9 Å². The van der Waals surface area contributed by atoms with Crippen LogP contribution in [0.2, 0.25) is 0 Å². The Kier molecular flexibility index (Phi) is 5.12. The van der Waals surface area contributed by atoms with Crippen molar-refractivity contribution in [3.8, 4) is 5.75 Å². The lowest BCUT2D eigenvalue weighted by molar-refractivity contribution is -0.137. The summed E-state index contributed by atoms with van der Waals surface area (Å²) < 4.78 is 42.0. The summed E-state index contributed by atoms with van der Waals surface area (Å²) in [6, 6.07) is 4.74. The van der Waals surface area contributed by atoms with Crippen molar-refractivity contribution in [3.63, 3.8) is 0 Å². The molecule has 0 heterocycles. The summed E-state index contributed by atoms with van der Waals surface area (Å²) in [5, 5.41) is 0.906. The highest BCUT2D eigenvalue weighted by atomic mass is 79.9. The molecule has 90 valence electrons. The Bertz CT molecular complexity index is 308. The van der Waals surface area contributed by atoms with E-state index in [9.17, 15) is 13.2 Å². The molecule has 0 aliphatic carbocycles. The molecule has 0 N–H and O–H groups in total. The molecule has 0 atom stereocenters. The number of halogens is 4. The van der Waals surface area contributed by atoms with Crippen LogP contribution in [0.1, 0.15) is 18.4 Å². The smallest absolute Gasteiger partial charge is 0.416 e. The lowest BCUT2D eigenvalue weighted by Crippen LogP contribution is -2.04. The Hall–Kier alpha value is -0.710. The second kappa shape index (κ2) is 6.13. The van der Waals surface area contributed by atoms with Crippen LogP contribution in [0.3, 0.4) is 0 Å². The van der Waals surface area contributed by atoms with Gasteiger partial charge in [0.1, 0.15) is 5.75 Å². The Morgan fingerprint density at radius 2 is 1.69 bits per heavy atom. The molecule has 0 saturated carbocycles. The van der Waals surface area contributed by atoms with Gasteiger partial charge in [-0.05, 0) is 37.1 Å². The molecule has 0 aliphatic heterocycles. The summed E-state index contributed by atoms with van der Waals surface area (Å²) in [4.78, 5) is 0. The number of benzene rings is 1. The first-order valence-corrected chi connectivity index (χ1v) is 6.02. The quantitative estimate of drug-likeness (QED) is 0.583. The second-order valence-electron chi connectivity index (χ2n) is 3.27. The first-order chi connectivity index (χ1) is 7.54. The molecule has 1 rings (SSSR count). The van der Waals surface area contributed by atoms with Gasteiger partial charge in [0.05, 0.1) is 12.2 Å². The molecule has 0 unspecified atom stereocenters. The molecule has 0 aromatic heterocycles. The molecular formula is C11H12BrF3O. The van der Waals surface area contributed by atoms with E-state index in [4.69, 9.17) is 4.74 Å². The second-order valence-corrected chi connectivity index (χ2v) is 4.06. The minimum atomic E-state index is -4.28. The van der Waals surface area contributed by atoms with Gasteiger partial charge in [-0.25, -0.2) is 0 Å². The van der Waals surface area contributed by atoms with Crippen molar-refractivity contribution in [1.82, 2.24) is 0 Å². The standard InChI is InChI=1S/C11H12BrF3O/c12-7-1-2-8-16-10-5-3-9(4-6-10)11(13,14)15/h3-6H,1-2,7-8H2. The first kappa shape index (κ1) is 13.4. The highest BCUT2D eigenvalue weighted by molar-refractivity contribution is 9.09. The number of alkyl halides is 4. The predicted octanol–water partition coefficient (Wildman–Crippen LogP) is 4.26. The van der Waals surface area contributed by atoms with Crippen LogP contribution < -0.4 is 4.74 Å². The van der Waals surface area contributed by atoms with Crippen molar-refractivity contribution >= 4 is 15.9 Å². The highest BCUT2D eigenvalue weighted by Gasteiger charge is 2.29. The number of ether oxygens (including phenoxy) is 1. The summed E-state index contributed by atoms with van der Waals surface area (Å²) in [6.45, 7) is 0.525. The number of hydrogen-bond acceptors (Lipinski definition) is 1. The number of rotatable bonds is 5. The number of unbranched alkanes of at least 4 members (excludes halogenated alkanes) is 1. The van der Waals surface area contributed by atoms with Crippen LogP contribution in [-0.4, -0.2) is 11.9 Å². The molecule has 5 heteroatoms. The zero-order valence-electron chi connectivity index (χ0n) is 8.56. The van der Waals surface area contributed by atoms with Gasteiger partial charge >= 0.3 is 6.18 Å². The molecular weight excluding hydrogens is 285 g/mol. The third kappa shape index (κ3) is 4.43. The van der Waals surface area contributed by atoms with Gasteiger partial charge in [-0.2, -0.15) is 13.2 Å². The van der Waals surface area contributed by atoms with E-state index in [2.05, 4.69) is 15.9 Å². The summed E-state index contributed by atoms with van der Waals surface area (Å²) in [6.07, 6.45) is -2.42. The summed E-state index contributed by atoms with van der Waals surface area (Å²) >= 11 is 3.29. The van der Waals surface area contributed by atoms with Gasteiger partial charge in [0.2, 0.25) is 0 Å². The van der Waals surface area contributed by atoms with E-state index in [1.165, 1.54) is 12.1 Å². The van der Waals surface area contributed by atoms with E-state index in [0.717, 1.165) is 30.3 Å². The minimum absolute atomic E-state index is 0.475. The Balaban J connectivity index is 2.46. The molecule has 0 fully saturated rings. The van der Waals surface area contributed by atoms with Gasteiger partial charge < -0.3 is 4.74 Å². The number of hydrogen-bond donors (Lipinski definition) is 0. The maximum Gasteiger partial charge on any atom is 0.416 e. The Morgan fingerprint density at radius 3 is 2.19 bits per heavy atom. The van der Waals surface area contributed by atoms with Crippen molar-refractivity contribution in [2.75, 3.05) is 11.9 Å². The predicted molar refractivity (Wildman–Crippen MR) is 60.0 cm³/mol. The van der Waals surface area contributed by atoms with Gasteiger partial charge in [-0.3, -0.25) is 0 Å². The molecule has 16 heavy (non-hydrogen) atoms. The van der Waals surface area contributed by atoms with Crippen LogP contribution in [0.4, 0.5) is 13.2 Å². The molecule has 0 bridgehead atoms. The molecule has 1 nitrogen and oxygen atoms in total. The fourth-order valence-electron chi connectivity index (χ4n) is 1.13. The van der Waals surface area contributed by atoms with Crippen molar-refractivity contribution in [2.24, 2.45) is 0 Å². The van der Waals surface area contributed by atoms with Crippen LogP contribution in [0, 0.1) is 0 Å². The third-order valence-corrected chi connectivity index (χ3v) is 2.54. The van der Waals surface area contributed by atoms with Crippen LogP contribution in [0.25, 0.3) is 0 Å². The third-order valence-electron chi connectivity index (χ3n) is 1.98. The Morgan fingerprint density at radius 1 is 1.06 bits per heavy atom. The molecule has 1 aromatic carbocycles. The van der Waals surface area contributed by atoms with Crippen LogP contribution in [0.5, 0.6) is 5.75 Å². The maximum absolute atomic E-state index is 12.2. The molecule has 0 saturated heterocycles. The van der Waals surface area contributed by atoms with Crippen molar-refractivity contribution < 1.29 is 17.9 Å². The highest BCUT2D eigenvalue weighted by Crippen LogP contribution is 2.30. The molecule has 0 aliphatic rings. The lowest BCUT2D eigenvalue weighted by Gasteiger charge is -2.08. The van der Waals surface area contributed by atoms with Crippen molar-refractivity contribution in [2.45, 2.75) is 19.0 Å². The normalized spacial score (nSPS) is 11.5. The summed E-state index contributed by atoms with van der Waals surface area (Å²) in [7, 11) is 0. The zero-order chi connectivity index (χ0) is 12.0. The largest absolute Gasteiger partial charge is 0.494 e. The summed E-state index contributed by atoms with van der Waals surface area (Å²) in [5.74, 6) is 0.475. The monoisotopic (exact) mass is 296 g/mol. The minimum Gasteiger partial charge on any atom is -0.494 e. The SMILES string of the molecule is FC(F)(F)c1ccc(OCCCCBr)cc1. The average Bonchev–Trinajstić information content (AvgIpc) is 2.24. The first-order valence-electron chi connectivity index (χ1n) is 4.90. The maximum atomic E-state index is 12.2. The van der Waals surface area contributed by atoms with E-state index in [1.807, 2.05) is 0 Å². The molecule has 1 aromatic rings. The molecule has 0 radical (unpaired) electrons. The lowest BCUT2D eigenvalue weighted by atomic mass is 10.2. The van der Waals surface area contributed by atoms with Crippen molar-refractivity contribution in [3.05, 3.63) is 29.8 Å². The van der Waals surface area contributed by atoms with E-state index in [0.29, 0.717) is 12.4 Å². The Labute approximate surface area is 101 Å². The molecule has 0 spiro atoms. The van der Waals surface area contributed by atoms with Crippen LogP contribution in [0.15, 0.2) is 24.3 Å². The van der Waals surface area contributed by atoms with E-state index in [-0.39, 0.29) is 0 Å². The fraction of sp³-hybridized carbons (Fsp3) is 0.455. The van der Waals surface area contributed by atoms with E-state index < -0.39 is 11.7 Å². The van der Waals surface area contributed by atoms with Gasteiger partial charge in [-0.1, -0.05) is 15.9 Å². The van der Waals surface area contributed by atoms with Gasteiger partial charge in [0.15, 0.2) is 0 Å². The van der Waals surface area contributed by atoms with Gasteiger partial charge in [0, 0.05) is 5.33 Å². The van der Waals surface area contributed by atoms with Gasteiger partial charge in [-0.15, -0.1) is 0 Å². The fourth-order valence-corrected chi connectivity index (χ4v) is 1.52. The topological polar surface area (TPSA) is 9.23 Å². The van der Waals surface area contributed by atoms with Gasteiger partial charge in [0.25, 0.3) is 0 Å². The van der Waals surface area contributed by atoms with Crippen LogP contribution in [-0.2, 0) is 6.18 Å². The molecule has 0 amide bonds. The van der Waals surface area contributed by atoms with E-state index in [1.54, 1.807) is 0 Å².